The zero-order chi connectivity index (χ0) is 19.5. The number of fused-ring (bicyclic) bond motifs is 1. The van der Waals surface area contributed by atoms with Crippen molar-refractivity contribution in [3.05, 3.63) is 89.5 Å². The molecule has 0 N–H and O–H groups in total. The number of anilines is 1. The molecule has 4 rings (SSSR count). The smallest absolute Gasteiger partial charge is 0.260 e. The number of benzene rings is 3. The molecule has 0 spiro atoms. The van der Waals surface area contributed by atoms with Gasteiger partial charge in [-0.2, -0.15) is 0 Å². The van der Waals surface area contributed by atoms with E-state index in [2.05, 4.69) is 11.8 Å². The second-order valence-electron chi connectivity index (χ2n) is 6.34. The van der Waals surface area contributed by atoms with Gasteiger partial charge in [-0.3, -0.25) is 9.69 Å². The fourth-order valence-electron chi connectivity index (χ4n) is 3.36. The highest BCUT2D eigenvalue weighted by molar-refractivity contribution is 6.12. The van der Waals surface area contributed by atoms with Crippen molar-refractivity contribution in [3.8, 4) is 23.3 Å². The number of carbonyl (C=O) groups is 1. The molecule has 1 atom stereocenters. The number of amides is 1. The van der Waals surface area contributed by atoms with Crippen LogP contribution in [0.1, 0.15) is 27.5 Å². The molecule has 0 unspecified atom stereocenters. The topological polar surface area (TPSA) is 38.8 Å². The Labute approximate surface area is 164 Å². The van der Waals surface area contributed by atoms with Crippen LogP contribution >= 0.6 is 0 Å². The number of carbonyl (C=O) groups excluding carboxylic acids is 1. The quantitative estimate of drug-likeness (QED) is 0.640. The Hall–Kier alpha value is -3.71. The number of rotatable bonds is 3. The summed E-state index contributed by atoms with van der Waals surface area (Å²) in [7, 11) is 3.14. The summed E-state index contributed by atoms with van der Waals surface area (Å²) in [4.78, 5) is 15.0. The van der Waals surface area contributed by atoms with Crippen LogP contribution in [-0.4, -0.2) is 20.1 Å². The minimum absolute atomic E-state index is 0.102. The summed E-state index contributed by atoms with van der Waals surface area (Å²) < 4.78 is 10.8. The molecule has 0 fully saturated rings. The van der Waals surface area contributed by atoms with E-state index in [-0.39, 0.29) is 5.91 Å². The number of para-hydroxylation sites is 1. The lowest BCUT2D eigenvalue weighted by Gasteiger charge is -2.21. The fourth-order valence-corrected chi connectivity index (χ4v) is 3.36. The van der Waals surface area contributed by atoms with Gasteiger partial charge in [0.2, 0.25) is 0 Å². The molecule has 1 aliphatic rings. The Balaban J connectivity index is 1.87. The van der Waals surface area contributed by atoms with Gasteiger partial charge in [-0.15, -0.1) is 0 Å². The summed E-state index contributed by atoms with van der Waals surface area (Å²) in [5.74, 6) is 7.48. The minimum Gasteiger partial charge on any atom is -0.493 e. The molecule has 0 radical (unpaired) electrons. The van der Waals surface area contributed by atoms with Crippen molar-refractivity contribution in [1.29, 1.82) is 0 Å². The van der Waals surface area contributed by atoms with Crippen molar-refractivity contribution in [2.24, 2.45) is 0 Å². The zero-order valence-corrected chi connectivity index (χ0v) is 15.7. The second-order valence-corrected chi connectivity index (χ2v) is 6.34. The van der Waals surface area contributed by atoms with Crippen LogP contribution in [0.3, 0.4) is 0 Å². The third-order valence-electron chi connectivity index (χ3n) is 4.72. The Morgan fingerprint density at radius 1 is 0.857 bits per heavy atom. The van der Waals surface area contributed by atoms with E-state index < -0.39 is 6.04 Å². The Morgan fingerprint density at radius 3 is 2.11 bits per heavy atom. The van der Waals surface area contributed by atoms with E-state index in [4.69, 9.17) is 9.47 Å². The monoisotopic (exact) mass is 369 g/mol. The average molecular weight is 369 g/mol. The highest BCUT2D eigenvalue weighted by Crippen LogP contribution is 2.42. The largest absolute Gasteiger partial charge is 0.493 e. The van der Waals surface area contributed by atoms with E-state index >= 15 is 0 Å². The standard InChI is InChI=1S/C24H19NO3/c1-27-22-15-19-20(16-23(22)28-2)24(26)25(18-11-7-4-8-12-18)21(19)14-13-17-9-5-3-6-10-17/h3-12,15-16,21H,1-2H3/t21-/m0/s1. The lowest BCUT2D eigenvalue weighted by atomic mass is 10.0. The first kappa shape index (κ1) is 17.7. The molecule has 0 aliphatic carbocycles. The van der Waals surface area contributed by atoms with E-state index in [1.54, 1.807) is 25.2 Å². The molecule has 0 saturated carbocycles. The van der Waals surface area contributed by atoms with Crippen molar-refractivity contribution in [2.75, 3.05) is 19.1 Å². The molecule has 1 heterocycles. The first-order valence-electron chi connectivity index (χ1n) is 8.94. The fraction of sp³-hybridized carbons (Fsp3) is 0.125. The van der Waals surface area contributed by atoms with Crippen LogP contribution in [0.5, 0.6) is 11.5 Å². The number of nitrogens with zero attached hydrogens (tertiary/aromatic N) is 1. The van der Waals surface area contributed by atoms with Crippen LogP contribution in [-0.2, 0) is 0 Å². The third-order valence-corrected chi connectivity index (χ3v) is 4.72. The average Bonchev–Trinajstić information content (AvgIpc) is 3.03. The van der Waals surface area contributed by atoms with Crippen molar-refractivity contribution in [1.82, 2.24) is 0 Å². The molecular formula is C24H19NO3. The van der Waals surface area contributed by atoms with E-state index in [9.17, 15) is 4.79 Å². The van der Waals surface area contributed by atoms with Crippen molar-refractivity contribution >= 4 is 11.6 Å². The van der Waals surface area contributed by atoms with Gasteiger partial charge in [0.1, 0.15) is 6.04 Å². The summed E-state index contributed by atoms with van der Waals surface area (Å²) in [6, 6.07) is 22.5. The predicted molar refractivity (Wildman–Crippen MR) is 109 cm³/mol. The summed E-state index contributed by atoms with van der Waals surface area (Å²) in [6.07, 6.45) is 0. The maximum absolute atomic E-state index is 13.2. The summed E-state index contributed by atoms with van der Waals surface area (Å²) in [6.45, 7) is 0. The molecule has 0 bridgehead atoms. The summed E-state index contributed by atoms with van der Waals surface area (Å²) >= 11 is 0. The molecule has 1 aliphatic heterocycles. The van der Waals surface area contributed by atoms with E-state index in [0.717, 1.165) is 16.8 Å². The Kier molecular flexibility index (Phi) is 4.74. The van der Waals surface area contributed by atoms with Gasteiger partial charge in [0.05, 0.1) is 19.8 Å². The van der Waals surface area contributed by atoms with Gasteiger partial charge in [0.15, 0.2) is 11.5 Å². The van der Waals surface area contributed by atoms with Gasteiger partial charge in [-0.05, 0) is 36.4 Å². The molecule has 0 aromatic heterocycles. The molecule has 1 amide bonds. The Bertz CT molecular complexity index is 1070. The van der Waals surface area contributed by atoms with Crippen molar-refractivity contribution in [2.45, 2.75) is 6.04 Å². The third kappa shape index (κ3) is 3.08. The van der Waals surface area contributed by atoms with Crippen LogP contribution in [0, 0.1) is 11.8 Å². The van der Waals surface area contributed by atoms with Crippen LogP contribution in [0.4, 0.5) is 5.69 Å². The first-order valence-corrected chi connectivity index (χ1v) is 8.94. The van der Waals surface area contributed by atoms with Gasteiger partial charge < -0.3 is 9.47 Å². The molecule has 4 nitrogen and oxygen atoms in total. The maximum atomic E-state index is 13.2. The Morgan fingerprint density at radius 2 is 1.46 bits per heavy atom. The number of hydrogen-bond acceptors (Lipinski definition) is 3. The van der Waals surface area contributed by atoms with E-state index in [1.165, 1.54) is 0 Å². The van der Waals surface area contributed by atoms with Crippen LogP contribution in [0.2, 0.25) is 0 Å². The molecule has 28 heavy (non-hydrogen) atoms. The zero-order valence-electron chi connectivity index (χ0n) is 15.7. The lowest BCUT2D eigenvalue weighted by Crippen LogP contribution is -2.26. The number of ether oxygens (including phenoxy) is 2. The van der Waals surface area contributed by atoms with Crippen LogP contribution in [0.25, 0.3) is 0 Å². The van der Waals surface area contributed by atoms with Gasteiger partial charge >= 0.3 is 0 Å². The minimum atomic E-state index is -0.412. The predicted octanol–water partition coefficient (Wildman–Crippen LogP) is 4.46. The molecular weight excluding hydrogens is 350 g/mol. The molecule has 0 saturated heterocycles. The summed E-state index contributed by atoms with van der Waals surface area (Å²) in [5.41, 5.74) is 3.09. The highest BCUT2D eigenvalue weighted by atomic mass is 16.5. The number of methoxy groups -OCH3 is 2. The van der Waals surface area contributed by atoms with Gasteiger partial charge in [-0.25, -0.2) is 0 Å². The number of hydrogen-bond donors (Lipinski definition) is 0. The molecule has 138 valence electrons. The SMILES string of the molecule is COc1cc2c(cc1OC)[C@H](C#Cc1ccccc1)N(c1ccccc1)C2=O. The van der Waals surface area contributed by atoms with E-state index in [0.29, 0.717) is 17.1 Å². The van der Waals surface area contributed by atoms with Gasteiger partial charge in [0, 0.05) is 16.8 Å². The normalized spacial score (nSPS) is 14.9. The van der Waals surface area contributed by atoms with Crippen molar-refractivity contribution < 1.29 is 14.3 Å². The van der Waals surface area contributed by atoms with Gasteiger partial charge in [0.25, 0.3) is 5.91 Å². The van der Waals surface area contributed by atoms with Crippen LogP contribution in [0.15, 0.2) is 72.8 Å². The van der Waals surface area contributed by atoms with Crippen LogP contribution < -0.4 is 14.4 Å². The van der Waals surface area contributed by atoms with Gasteiger partial charge in [-0.1, -0.05) is 48.2 Å². The molecule has 4 heteroatoms. The maximum Gasteiger partial charge on any atom is 0.260 e. The molecule has 3 aromatic rings. The van der Waals surface area contributed by atoms with E-state index in [1.807, 2.05) is 66.7 Å². The first-order chi connectivity index (χ1) is 13.7. The lowest BCUT2D eigenvalue weighted by molar-refractivity contribution is 0.0994. The second kappa shape index (κ2) is 7.50. The van der Waals surface area contributed by atoms with Crippen molar-refractivity contribution in [3.63, 3.8) is 0 Å². The highest BCUT2D eigenvalue weighted by Gasteiger charge is 2.38. The summed E-state index contributed by atoms with van der Waals surface area (Å²) in [5, 5.41) is 0. The molecule has 3 aromatic carbocycles.